The van der Waals surface area contributed by atoms with Crippen LogP contribution in [0.2, 0.25) is 0 Å². The maximum atomic E-state index is 9.64. The Balaban J connectivity index is 5.79. The first kappa shape index (κ1) is 32.2. The first-order valence-corrected chi connectivity index (χ1v) is 10.9. The van der Waals surface area contributed by atoms with E-state index < -0.39 is 103 Å². The van der Waals surface area contributed by atoms with Crippen molar-refractivity contribution >= 4 is 69.1 Å². The van der Waals surface area contributed by atoms with Gasteiger partial charge in [-0.2, -0.15) is 0 Å². The van der Waals surface area contributed by atoms with Crippen molar-refractivity contribution in [3.8, 4) is 0 Å². The van der Waals surface area contributed by atoms with Gasteiger partial charge in [0.15, 0.2) is 20.2 Å². The highest BCUT2D eigenvalue weighted by molar-refractivity contribution is 7.80. The third-order valence-electron chi connectivity index (χ3n) is 3.86. The van der Waals surface area contributed by atoms with Crippen LogP contribution in [0, 0.1) is 5.41 Å². The van der Waals surface area contributed by atoms with Crippen LogP contribution in [0.1, 0.15) is 0 Å². The van der Waals surface area contributed by atoms with Crippen LogP contribution in [0.15, 0.2) is 0 Å². The third-order valence-corrected chi connectivity index (χ3v) is 5.42. The smallest absolute Gasteiger partial charge is 0.190 e. The van der Waals surface area contributed by atoms with Crippen molar-refractivity contribution in [1.82, 2.24) is 0 Å². The molecule has 0 spiro atoms. The number of hydrogen-bond donors (Lipinski definition) is 8. The van der Waals surface area contributed by atoms with Crippen LogP contribution in [0.5, 0.6) is 0 Å². The Morgan fingerprint density at radius 3 is 0.818 bits per heavy atom. The Morgan fingerprint density at radius 2 is 0.667 bits per heavy atom. The number of ether oxygens (including phenoxy) is 4. The van der Waals surface area contributed by atoms with Gasteiger partial charge in [0.2, 0.25) is 0 Å². The van der Waals surface area contributed by atoms with Crippen molar-refractivity contribution in [1.29, 1.82) is 0 Å². The normalized spacial score (nSPS) is 16.5. The van der Waals surface area contributed by atoms with E-state index in [-0.39, 0.29) is 0 Å². The quantitative estimate of drug-likeness (QED) is 0.0888. The first-order chi connectivity index (χ1) is 15.5. The predicted molar refractivity (Wildman–Crippen MR) is 129 cm³/mol. The number of aliphatic hydroxyl groups excluding tert-OH is 8. The summed E-state index contributed by atoms with van der Waals surface area (Å²) in [5.74, 6) is 0. The van der Waals surface area contributed by atoms with Crippen molar-refractivity contribution in [3.05, 3.63) is 0 Å². The summed E-state index contributed by atoms with van der Waals surface area (Å²) in [6, 6.07) is 0. The van der Waals surface area contributed by atoms with E-state index in [4.69, 9.17) is 88.2 Å². The number of hydrogen-bond acceptors (Lipinski definition) is 16. The van der Waals surface area contributed by atoms with E-state index in [0.717, 1.165) is 0 Å². The van der Waals surface area contributed by atoms with Gasteiger partial charge in [-0.05, 0) is 48.9 Å². The number of thiocarbonyl (C=S) groups is 4. The maximum absolute atomic E-state index is 9.64. The van der Waals surface area contributed by atoms with E-state index in [9.17, 15) is 20.4 Å². The highest BCUT2D eigenvalue weighted by Crippen LogP contribution is 2.23. The predicted octanol–water partition coefficient (Wildman–Crippen LogP) is -3.24. The Hall–Kier alpha value is -0.760. The molecule has 192 valence electrons. The molecule has 0 bridgehead atoms. The van der Waals surface area contributed by atoms with Crippen LogP contribution < -0.4 is 0 Å². The molecule has 0 aromatic heterocycles. The summed E-state index contributed by atoms with van der Waals surface area (Å²) >= 11 is 19.5. The van der Waals surface area contributed by atoms with Crippen LogP contribution in [0.25, 0.3) is 0 Å². The average Bonchev–Trinajstić information content (AvgIpc) is 2.84. The molecule has 0 aliphatic rings. The van der Waals surface area contributed by atoms with E-state index in [1.165, 1.54) is 0 Å². The summed E-state index contributed by atoms with van der Waals surface area (Å²) in [5, 5.41) is 73.1. The molecule has 0 fully saturated rings. The highest BCUT2D eigenvalue weighted by Gasteiger charge is 2.38. The second-order valence-corrected chi connectivity index (χ2v) is 8.33. The van der Waals surface area contributed by atoms with E-state index in [0.29, 0.717) is 0 Å². The Kier molecular flexibility index (Phi) is 16.4. The van der Waals surface area contributed by atoms with Crippen LogP contribution in [-0.4, -0.2) is 138 Å². The molecule has 0 amide bonds. The zero-order valence-corrected chi connectivity index (χ0v) is 20.6. The molecule has 8 N–H and O–H groups in total. The lowest BCUT2D eigenvalue weighted by Gasteiger charge is -2.34. The molecule has 0 aromatic rings. The van der Waals surface area contributed by atoms with Gasteiger partial charge in [-0.1, -0.05) is 0 Å². The monoisotopic (exact) mass is 552 g/mol. The van der Waals surface area contributed by atoms with Crippen LogP contribution in [0.4, 0.5) is 0 Å². The topological polar surface area (TPSA) is 199 Å². The SMILES string of the molecule is OCC(O)C(=S)OCC(COC(=S)C(O)CO)(COC(=S)C(O)CO)COC(=S)C(O)CO. The molecule has 0 heterocycles. The summed E-state index contributed by atoms with van der Waals surface area (Å²) in [6.07, 6.45) is -5.97. The van der Waals surface area contributed by atoms with Gasteiger partial charge in [-0.15, -0.1) is 0 Å². The van der Waals surface area contributed by atoms with Gasteiger partial charge >= 0.3 is 0 Å². The fraction of sp³-hybridized carbons (Fsp3) is 0.765. The van der Waals surface area contributed by atoms with Crippen LogP contribution in [-0.2, 0) is 18.9 Å². The van der Waals surface area contributed by atoms with Crippen LogP contribution >= 0.6 is 48.9 Å². The maximum Gasteiger partial charge on any atom is 0.190 e. The molecule has 0 aliphatic heterocycles. The molecule has 0 saturated carbocycles. The van der Waals surface area contributed by atoms with Crippen molar-refractivity contribution in [3.63, 3.8) is 0 Å². The second-order valence-electron chi connectivity index (χ2n) is 6.72. The van der Waals surface area contributed by atoms with Gasteiger partial charge in [0.25, 0.3) is 0 Å². The van der Waals surface area contributed by atoms with Crippen molar-refractivity contribution in [2.75, 3.05) is 52.9 Å². The lowest BCUT2D eigenvalue weighted by molar-refractivity contribution is -0.0295. The zero-order chi connectivity index (χ0) is 25.6. The van der Waals surface area contributed by atoms with E-state index in [1.807, 2.05) is 0 Å². The van der Waals surface area contributed by atoms with Crippen LogP contribution in [0.3, 0.4) is 0 Å². The fourth-order valence-electron chi connectivity index (χ4n) is 1.83. The van der Waals surface area contributed by atoms with Gasteiger partial charge < -0.3 is 59.8 Å². The molecule has 16 heteroatoms. The minimum atomic E-state index is -1.49. The molecule has 4 atom stereocenters. The summed E-state index contributed by atoms with van der Waals surface area (Å²) in [6.45, 7) is -4.62. The van der Waals surface area contributed by atoms with Crippen molar-refractivity contribution in [2.24, 2.45) is 5.41 Å². The summed E-state index contributed by atoms with van der Waals surface area (Å²) in [4.78, 5) is 0. The second kappa shape index (κ2) is 16.8. The Labute approximate surface area is 211 Å². The Morgan fingerprint density at radius 1 is 0.485 bits per heavy atom. The number of rotatable bonds is 16. The summed E-state index contributed by atoms with van der Waals surface area (Å²) in [5.41, 5.74) is -1.45. The van der Waals surface area contributed by atoms with E-state index >= 15 is 0 Å². The Bertz CT molecular complexity index is 540. The van der Waals surface area contributed by atoms with Gasteiger partial charge in [-0.3, -0.25) is 0 Å². The van der Waals surface area contributed by atoms with E-state index in [1.54, 1.807) is 0 Å². The molecule has 0 aromatic carbocycles. The third kappa shape index (κ3) is 12.0. The van der Waals surface area contributed by atoms with Gasteiger partial charge in [0.1, 0.15) is 56.3 Å². The van der Waals surface area contributed by atoms with Gasteiger partial charge in [0.05, 0.1) is 26.4 Å². The highest BCUT2D eigenvalue weighted by atomic mass is 32.1. The molecule has 12 nitrogen and oxygen atoms in total. The molecular formula is C17H28O12S4. The zero-order valence-electron chi connectivity index (χ0n) is 17.3. The average molecular weight is 553 g/mol. The van der Waals surface area contributed by atoms with Crippen molar-refractivity contribution in [2.45, 2.75) is 24.4 Å². The lowest BCUT2D eigenvalue weighted by atomic mass is 9.92. The fourth-order valence-corrected chi connectivity index (χ4v) is 2.36. The van der Waals surface area contributed by atoms with E-state index in [2.05, 4.69) is 0 Å². The largest absolute Gasteiger partial charge is 0.483 e. The molecule has 0 saturated heterocycles. The molecular weight excluding hydrogens is 524 g/mol. The molecule has 33 heavy (non-hydrogen) atoms. The molecule has 0 rings (SSSR count). The first-order valence-electron chi connectivity index (χ1n) is 9.29. The number of aliphatic hydroxyl groups is 8. The van der Waals surface area contributed by atoms with Gasteiger partial charge in [0, 0.05) is 0 Å². The summed E-state index contributed by atoms with van der Waals surface area (Å²) < 4.78 is 21.3. The van der Waals surface area contributed by atoms with Gasteiger partial charge in [-0.25, -0.2) is 0 Å². The lowest BCUT2D eigenvalue weighted by Crippen LogP contribution is -2.46. The minimum Gasteiger partial charge on any atom is -0.483 e. The summed E-state index contributed by atoms with van der Waals surface area (Å²) in [7, 11) is 0. The minimum absolute atomic E-state index is 0.393. The molecule has 4 unspecified atom stereocenters. The van der Waals surface area contributed by atoms with Crippen molar-refractivity contribution < 1.29 is 59.8 Å². The standard InChI is InChI=1S/C17H28O12S4/c18-1-9(22)13(30)26-5-17(6-27-14(31)10(23)2-19,7-28-15(32)11(24)3-20)8-29-16(33)12(25)4-21/h9-12,18-25H,1-8H2. The molecule has 0 radical (unpaired) electrons. The molecule has 0 aliphatic carbocycles.